The zero-order chi connectivity index (χ0) is 21.7. The number of carbonyl (C=O) groups is 3. The number of nitrogens with one attached hydrogen (secondary N) is 1. The van der Waals surface area contributed by atoms with Gasteiger partial charge in [0, 0.05) is 19.7 Å². The van der Waals surface area contributed by atoms with Crippen LogP contribution >= 0.6 is 11.3 Å². The Morgan fingerprint density at radius 3 is 2.31 bits per heavy atom. The van der Waals surface area contributed by atoms with Gasteiger partial charge in [-0.15, -0.1) is 11.3 Å². The SMILES string of the molecule is CCOC(=O)c1c(NC(=O)c2ccc(OC)c(OC)c2)sc(C(=O)N(C)C)c1C. The number of rotatable bonds is 7. The Hall–Kier alpha value is -3.07. The zero-order valence-corrected chi connectivity index (χ0v) is 18.1. The van der Waals surface area contributed by atoms with Gasteiger partial charge in [0.1, 0.15) is 5.00 Å². The van der Waals surface area contributed by atoms with E-state index in [9.17, 15) is 14.4 Å². The van der Waals surface area contributed by atoms with Gasteiger partial charge >= 0.3 is 5.97 Å². The van der Waals surface area contributed by atoms with Gasteiger partial charge in [-0.3, -0.25) is 9.59 Å². The molecule has 1 aromatic heterocycles. The van der Waals surface area contributed by atoms with E-state index < -0.39 is 11.9 Å². The molecule has 0 fully saturated rings. The predicted molar refractivity (Wildman–Crippen MR) is 111 cm³/mol. The highest BCUT2D eigenvalue weighted by Gasteiger charge is 2.27. The number of methoxy groups -OCH3 is 2. The Balaban J connectivity index is 2.45. The van der Waals surface area contributed by atoms with Crippen molar-refractivity contribution < 1.29 is 28.6 Å². The average molecular weight is 420 g/mol. The summed E-state index contributed by atoms with van der Waals surface area (Å²) >= 11 is 1.04. The molecule has 0 aliphatic carbocycles. The van der Waals surface area contributed by atoms with Crippen LogP contribution in [0, 0.1) is 6.92 Å². The number of benzene rings is 1. The lowest BCUT2D eigenvalue weighted by atomic mass is 10.1. The van der Waals surface area contributed by atoms with Gasteiger partial charge in [0.05, 0.1) is 31.3 Å². The molecule has 8 nitrogen and oxygen atoms in total. The van der Waals surface area contributed by atoms with Crippen molar-refractivity contribution in [2.75, 3.05) is 40.2 Å². The predicted octanol–water partition coefficient (Wildman–Crippen LogP) is 3.20. The van der Waals surface area contributed by atoms with Gasteiger partial charge in [0.25, 0.3) is 11.8 Å². The van der Waals surface area contributed by atoms with E-state index in [-0.39, 0.29) is 23.1 Å². The molecule has 29 heavy (non-hydrogen) atoms. The van der Waals surface area contributed by atoms with E-state index in [1.807, 2.05) is 0 Å². The van der Waals surface area contributed by atoms with Crippen LogP contribution < -0.4 is 14.8 Å². The van der Waals surface area contributed by atoms with Crippen LogP contribution in [0.2, 0.25) is 0 Å². The largest absolute Gasteiger partial charge is 0.493 e. The van der Waals surface area contributed by atoms with Crippen LogP contribution in [0.5, 0.6) is 11.5 Å². The minimum Gasteiger partial charge on any atom is -0.493 e. The average Bonchev–Trinajstić information content (AvgIpc) is 3.02. The standard InChI is InChI=1S/C20H24N2O6S/c1-7-28-20(25)15-11(2)16(19(24)22(3)4)29-18(15)21-17(23)12-8-9-13(26-5)14(10-12)27-6/h8-10H,7H2,1-6H3,(H,21,23). The van der Waals surface area contributed by atoms with Crippen LogP contribution in [0.3, 0.4) is 0 Å². The third-order valence-corrected chi connectivity index (χ3v) is 5.29. The van der Waals surface area contributed by atoms with E-state index in [4.69, 9.17) is 14.2 Å². The summed E-state index contributed by atoms with van der Waals surface area (Å²) in [5.41, 5.74) is 0.953. The van der Waals surface area contributed by atoms with Crippen molar-refractivity contribution in [3.63, 3.8) is 0 Å². The molecule has 0 aliphatic heterocycles. The number of esters is 1. The Morgan fingerprint density at radius 1 is 1.10 bits per heavy atom. The van der Waals surface area contributed by atoms with E-state index in [1.54, 1.807) is 40.1 Å². The van der Waals surface area contributed by atoms with Gasteiger partial charge in [0.2, 0.25) is 0 Å². The highest BCUT2D eigenvalue weighted by molar-refractivity contribution is 7.18. The minimum atomic E-state index is -0.596. The molecule has 0 saturated carbocycles. The maximum Gasteiger partial charge on any atom is 0.341 e. The van der Waals surface area contributed by atoms with E-state index in [0.717, 1.165) is 11.3 Å². The quantitative estimate of drug-likeness (QED) is 0.692. The smallest absolute Gasteiger partial charge is 0.341 e. The maximum absolute atomic E-state index is 12.8. The first kappa shape index (κ1) is 22.2. The monoisotopic (exact) mass is 420 g/mol. The number of carbonyl (C=O) groups excluding carboxylic acids is 3. The molecule has 0 saturated heterocycles. The molecular weight excluding hydrogens is 396 g/mol. The Kier molecular flexibility index (Phi) is 7.22. The summed E-state index contributed by atoms with van der Waals surface area (Å²) in [5.74, 6) is -0.424. The molecule has 1 heterocycles. The van der Waals surface area contributed by atoms with E-state index in [2.05, 4.69) is 5.32 Å². The lowest BCUT2D eigenvalue weighted by Gasteiger charge is -2.10. The van der Waals surface area contributed by atoms with Gasteiger partial charge in [-0.25, -0.2) is 4.79 Å². The molecule has 0 unspecified atom stereocenters. The molecule has 0 aliphatic rings. The Bertz CT molecular complexity index is 935. The number of hydrogen-bond acceptors (Lipinski definition) is 7. The highest BCUT2D eigenvalue weighted by Crippen LogP contribution is 2.35. The fraction of sp³-hybridized carbons (Fsp3) is 0.350. The fourth-order valence-electron chi connectivity index (χ4n) is 2.61. The van der Waals surface area contributed by atoms with Crippen LogP contribution in [0.4, 0.5) is 5.00 Å². The van der Waals surface area contributed by atoms with Crippen molar-refractivity contribution in [2.24, 2.45) is 0 Å². The van der Waals surface area contributed by atoms with Crippen LogP contribution in [-0.2, 0) is 4.74 Å². The van der Waals surface area contributed by atoms with Crippen molar-refractivity contribution in [3.8, 4) is 11.5 Å². The molecular formula is C20H24N2O6S. The minimum absolute atomic E-state index is 0.175. The Labute approximate surface area is 173 Å². The van der Waals surface area contributed by atoms with E-state index >= 15 is 0 Å². The number of anilines is 1. The summed E-state index contributed by atoms with van der Waals surface area (Å²) < 4.78 is 15.5. The lowest BCUT2D eigenvalue weighted by molar-refractivity contribution is 0.0527. The first-order valence-electron chi connectivity index (χ1n) is 8.80. The van der Waals surface area contributed by atoms with E-state index in [1.165, 1.54) is 25.2 Å². The molecule has 156 valence electrons. The second-order valence-corrected chi connectivity index (χ2v) is 7.22. The Morgan fingerprint density at radius 2 is 1.76 bits per heavy atom. The van der Waals surface area contributed by atoms with Crippen LogP contribution in [0.1, 0.15) is 42.9 Å². The van der Waals surface area contributed by atoms with Gasteiger partial charge in [-0.05, 0) is 37.6 Å². The fourth-order valence-corrected chi connectivity index (χ4v) is 3.82. The molecule has 0 atom stereocenters. The normalized spacial score (nSPS) is 10.3. The molecule has 2 amide bonds. The molecule has 1 N–H and O–H groups in total. The molecule has 9 heteroatoms. The highest BCUT2D eigenvalue weighted by atomic mass is 32.1. The van der Waals surface area contributed by atoms with Crippen molar-refractivity contribution >= 4 is 34.1 Å². The number of nitrogens with zero attached hydrogens (tertiary/aromatic N) is 1. The van der Waals surface area contributed by atoms with Crippen molar-refractivity contribution in [2.45, 2.75) is 13.8 Å². The summed E-state index contributed by atoms with van der Waals surface area (Å²) in [7, 11) is 6.21. The topological polar surface area (TPSA) is 94.2 Å². The van der Waals surface area contributed by atoms with Crippen LogP contribution in [0.15, 0.2) is 18.2 Å². The molecule has 2 aromatic rings. The third kappa shape index (κ3) is 4.68. The molecule has 0 radical (unpaired) electrons. The first-order chi connectivity index (χ1) is 13.7. The first-order valence-corrected chi connectivity index (χ1v) is 9.62. The summed E-state index contributed by atoms with van der Waals surface area (Å²) in [6, 6.07) is 4.72. The van der Waals surface area contributed by atoms with Gasteiger partial charge in [0.15, 0.2) is 11.5 Å². The van der Waals surface area contributed by atoms with Crippen molar-refractivity contribution in [1.82, 2.24) is 4.90 Å². The van der Waals surface area contributed by atoms with E-state index in [0.29, 0.717) is 27.5 Å². The maximum atomic E-state index is 12.8. The van der Waals surface area contributed by atoms with Gasteiger partial charge < -0.3 is 24.4 Å². The van der Waals surface area contributed by atoms with Crippen molar-refractivity contribution in [3.05, 3.63) is 39.8 Å². The summed E-state index contributed by atoms with van der Waals surface area (Å²) in [6.07, 6.45) is 0. The molecule has 0 spiro atoms. The molecule has 0 bridgehead atoms. The number of amides is 2. The second-order valence-electron chi connectivity index (χ2n) is 6.20. The van der Waals surface area contributed by atoms with Gasteiger partial charge in [-0.1, -0.05) is 0 Å². The van der Waals surface area contributed by atoms with Crippen molar-refractivity contribution in [1.29, 1.82) is 0 Å². The number of ether oxygens (including phenoxy) is 3. The van der Waals surface area contributed by atoms with Gasteiger partial charge in [-0.2, -0.15) is 0 Å². The number of thiophene rings is 1. The zero-order valence-electron chi connectivity index (χ0n) is 17.2. The lowest BCUT2D eigenvalue weighted by Crippen LogP contribution is -2.21. The summed E-state index contributed by atoms with van der Waals surface area (Å²) in [5, 5.41) is 2.98. The van der Waals surface area contributed by atoms with Crippen LogP contribution in [-0.4, -0.2) is 57.6 Å². The van der Waals surface area contributed by atoms with Crippen LogP contribution in [0.25, 0.3) is 0 Å². The molecule has 2 rings (SSSR count). The summed E-state index contributed by atoms with van der Waals surface area (Å²) in [4.78, 5) is 39.5. The number of hydrogen-bond donors (Lipinski definition) is 1. The third-order valence-electron chi connectivity index (χ3n) is 4.10. The second kappa shape index (κ2) is 9.42. The molecule has 1 aromatic carbocycles. The summed E-state index contributed by atoms with van der Waals surface area (Å²) in [6.45, 7) is 3.52.